The van der Waals surface area contributed by atoms with E-state index in [0.29, 0.717) is 19.6 Å². The Morgan fingerprint density at radius 3 is 2.77 bits per heavy atom. The third-order valence-electron chi connectivity index (χ3n) is 4.98. The molecule has 26 heavy (non-hydrogen) atoms. The number of piperidine rings is 1. The number of amides is 2. The highest BCUT2D eigenvalue weighted by molar-refractivity contribution is 5.77. The molecular formula is C19H27N3O4. The monoisotopic (exact) mass is 361 g/mol. The summed E-state index contributed by atoms with van der Waals surface area (Å²) in [4.78, 5) is 29.0. The molecule has 1 atom stereocenters. The van der Waals surface area contributed by atoms with Gasteiger partial charge in [-0.25, -0.2) is 4.79 Å². The molecule has 2 fully saturated rings. The molecule has 1 aromatic rings. The number of carbonyl (C=O) groups is 2. The highest BCUT2D eigenvalue weighted by Crippen LogP contribution is 2.32. The first kappa shape index (κ1) is 18.5. The predicted molar refractivity (Wildman–Crippen MR) is 97.0 cm³/mol. The maximum absolute atomic E-state index is 11.8. The van der Waals surface area contributed by atoms with Gasteiger partial charge in [0.15, 0.2) is 6.61 Å². The first-order valence-electron chi connectivity index (χ1n) is 8.96. The summed E-state index contributed by atoms with van der Waals surface area (Å²) in [5.41, 5.74) is 0.634. The second-order valence-electron chi connectivity index (χ2n) is 7.41. The maximum atomic E-state index is 11.8. The van der Waals surface area contributed by atoms with Gasteiger partial charge in [-0.05, 0) is 25.5 Å². The predicted octanol–water partition coefficient (Wildman–Crippen LogP) is 1.57. The van der Waals surface area contributed by atoms with Gasteiger partial charge in [0.1, 0.15) is 11.4 Å². The zero-order valence-electron chi connectivity index (χ0n) is 15.7. The zero-order valence-corrected chi connectivity index (χ0v) is 15.7. The minimum atomic E-state index is -0.402. The van der Waals surface area contributed by atoms with Gasteiger partial charge in [-0.1, -0.05) is 18.2 Å². The van der Waals surface area contributed by atoms with Crippen LogP contribution in [0.15, 0.2) is 24.3 Å². The van der Waals surface area contributed by atoms with Gasteiger partial charge in [0.25, 0.3) is 5.91 Å². The lowest BCUT2D eigenvalue weighted by Crippen LogP contribution is -2.50. The molecule has 1 unspecified atom stereocenters. The lowest BCUT2D eigenvalue weighted by Gasteiger charge is -2.38. The largest absolute Gasteiger partial charge is 0.483 e. The Morgan fingerprint density at radius 1 is 1.31 bits per heavy atom. The Kier molecular flexibility index (Phi) is 5.36. The van der Waals surface area contributed by atoms with Crippen molar-refractivity contribution in [3.05, 3.63) is 29.8 Å². The highest BCUT2D eigenvalue weighted by atomic mass is 16.6. The molecule has 2 saturated heterocycles. The van der Waals surface area contributed by atoms with Gasteiger partial charge in [-0.15, -0.1) is 0 Å². The van der Waals surface area contributed by atoms with Crippen LogP contribution in [0.25, 0.3) is 0 Å². The van der Waals surface area contributed by atoms with E-state index in [9.17, 15) is 9.59 Å². The minimum absolute atomic E-state index is 0.0242. The maximum Gasteiger partial charge on any atom is 0.410 e. The Morgan fingerprint density at radius 2 is 2.08 bits per heavy atom. The van der Waals surface area contributed by atoms with Crippen LogP contribution in [0.4, 0.5) is 4.79 Å². The third-order valence-corrected chi connectivity index (χ3v) is 4.98. The Labute approximate surface area is 154 Å². The van der Waals surface area contributed by atoms with Crippen molar-refractivity contribution in [2.45, 2.75) is 25.0 Å². The molecule has 7 heteroatoms. The van der Waals surface area contributed by atoms with Gasteiger partial charge in [0.05, 0.1) is 6.54 Å². The van der Waals surface area contributed by atoms with Crippen LogP contribution in [0.5, 0.6) is 5.75 Å². The lowest BCUT2D eigenvalue weighted by atomic mass is 9.92. The number of likely N-dealkylation sites (N-methyl/N-ethyl adjacent to an activating group) is 2. The van der Waals surface area contributed by atoms with Gasteiger partial charge in [0, 0.05) is 39.8 Å². The number of hydrogen-bond donors (Lipinski definition) is 0. The first-order valence-corrected chi connectivity index (χ1v) is 8.96. The molecule has 0 N–H and O–H groups in total. The molecule has 142 valence electrons. The van der Waals surface area contributed by atoms with Crippen LogP contribution in [0.1, 0.15) is 18.4 Å². The van der Waals surface area contributed by atoms with Gasteiger partial charge < -0.3 is 19.3 Å². The summed E-state index contributed by atoms with van der Waals surface area (Å²) in [5, 5.41) is 0. The molecule has 0 bridgehead atoms. The van der Waals surface area contributed by atoms with Crippen molar-refractivity contribution in [3.8, 4) is 5.75 Å². The molecule has 0 saturated carbocycles. The van der Waals surface area contributed by atoms with Gasteiger partial charge in [-0.3, -0.25) is 9.69 Å². The van der Waals surface area contributed by atoms with E-state index >= 15 is 0 Å². The first-order chi connectivity index (χ1) is 12.4. The second-order valence-corrected chi connectivity index (χ2v) is 7.41. The van der Waals surface area contributed by atoms with Crippen molar-refractivity contribution >= 4 is 12.0 Å². The third kappa shape index (κ3) is 4.09. The molecular weight excluding hydrogens is 334 g/mol. The average molecular weight is 361 g/mol. The van der Waals surface area contributed by atoms with Crippen molar-refractivity contribution in [1.82, 2.24) is 14.7 Å². The van der Waals surface area contributed by atoms with Crippen molar-refractivity contribution in [3.63, 3.8) is 0 Å². The smallest absolute Gasteiger partial charge is 0.410 e. The molecule has 0 aliphatic carbocycles. The summed E-state index contributed by atoms with van der Waals surface area (Å²) in [6, 6.07) is 7.79. The second kappa shape index (κ2) is 7.53. The highest BCUT2D eigenvalue weighted by Gasteiger charge is 2.46. The summed E-state index contributed by atoms with van der Waals surface area (Å²) in [6.07, 6.45) is 1.65. The van der Waals surface area contributed by atoms with Crippen molar-refractivity contribution < 1.29 is 19.1 Å². The fourth-order valence-corrected chi connectivity index (χ4v) is 3.61. The van der Waals surface area contributed by atoms with Crippen LogP contribution in [0, 0.1) is 0 Å². The van der Waals surface area contributed by atoms with E-state index in [2.05, 4.69) is 4.90 Å². The van der Waals surface area contributed by atoms with E-state index in [4.69, 9.17) is 9.47 Å². The molecule has 7 nitrogen and oxygen atoms in total. The molecule has 0 radical (unpaired) electrons. The summed E-state index contributed by atoms with van der Waals surface area (Å²) >= 11 is 0. The van der Waals surface area contributed by atoms with Crippen LogP contribution in [-0.4, -0.2) is 79.7 Å². The fourth-order valence-electron chi connectivity index (χ4n) is 3.61. The summed E-state index contributed by atoms with van der Waals surface area (Å²) in [6.45, 7) is 3.03. The van der Waals surface area contributed by atoms with Crippen molar-refractivity contribution in [1.29, 1.82) is 0 Å². The number of hydrogen-bond acceptors (Lipinski definition) is 5. The normalized spacial score (nSPS) is 23.2. The molecule has 2 aliphatic rings. The van der Waals surface area contributed by atoms with Crippen LogP contribution in [0.3, 0.4) is 0 Å². The van der Waals surface area contributed by atoms with Gasteiger partial charge in [-0.2, -0.15) is 0 Å². The standard InChI is InChI=1S/C19H27N3O4/c1-20(2)17(23)12-25-16-8-5-4-7-15(16)11-22-10-6-9-19(14-22)13-21(3)18(24)26-19/h4-5,7-8H,6,9-14H2,1-3H3. The Bertz CT molecular complexity index is 679. The van der Waals surface area contributed by atoms with E-state index in [0.717, 1.165) is 30.7 Å². The minimum Gasteiger partial charge on any atom is -0.483 e. The van der Waals surface area contributed by atoms with Crippen LogP contribution in [-0.2, 0) is 16.1 Å². The van der Waals surface area contributed by atoms with Crippen molar-refractivity contribution in [2.24, 2.45) is 0 Å². The number of nitrogens with zero attached hydrogens (tertiary/aromatic N) is 3. The average Bonchev–Trinajstić information content (AvgIpc) is 2.86. The van der Waals surface area contributed by atoms with Crippen molar-refractivity contribution in [2.75, 3.05) is 47.4 Å². The summed E-state index contributed by atoms with van der Waals surface area (Å²) in [5.74, 6) is 0.653. The van der Waals surface area contributed by atoms with Crippen LogP contribution >= 0.6 is 0 Å². The van der Waals surface area contributed by atoms with Crippen LogP contribution in [0.2, 0.25) is 0 Å². The number of para-hydroxylation sites is 1. The van der Waals surface area contributed by atoms with E-state index in [1.807, 2.05) is 24.3 Å². The topological polar surface area (TPSA) is 62.3 Å². The molecule has 2 heterocycles. The molecule has 1 aromatic carbocycles. The van der Waals surface area contributed by atoms with E-state index in [-0.39, 0.29) is 18.6 Å². The van der Waals surface area contributed by atoms with Crippen LogP contribution < -0.4 is 4.74 Å². The molecule has 2 amide bonds. The SMILES string of the molecule is CN(C)C(=O)COc1ccccc1CN1CCCC2(C1)CN(C)C(=O)O2. The lowest BCUT2D eigenvalue weighted by molar-refractivity contribution is -0.130. The Hall–Kier alpha value is -2.28. The zero-order chi connectivity index (χ0) is 18.7. The van der Waals surface area contributed by atoms with E-state index in [1.165, 1.54) is 4.90 Å². The number of ether oxygens (including phenoxy) is 2. The van der Waals surface area contributed by atoms with Gasteiger partial charge in [0.2, 0.25) is 0 Å². The Balaban J connectivity index is 1.65. The number of rotatable bonds is 5. The van der Waals surface area contributed by atoms with E-state index in [1.54, 1.807) is 26.0 Å². The van der Waals surface area contributed by atoms with E-state index < -0.39 is 5.60 Å². The number of likely N-dealkylation sites (tertiary alicyclic amines) is 1. The summed E-state index contributed by atoms with van der Waals surface area (Å²) < 4.78 is 11.4. The molecule has 1 spiro atoms. The number of carbonyl (C=O) groups excluding carboxylic acids is 2. The molecule has 2 aliphatic heterocycles. The summed E-state index contributed by atoms with van der Waals surface area (Å²) in [7, 11) is 5.20. The molecule has 0 aromatic heterocycles. The number of benzene rings is 1. The molecule has 3 rings (SSSR count). The quantitative estimate of drug-likeness (QED) is 0.797. The fraction of sp³-hybridized carbons (Fsp3) is 0.579. The van der Waals surface area contributed by atoms with Gasteiger partial charge >= 0.3 is 6.09 Å².